The van der Waals surface area contributed by atoms with Crippen LogP contribution in [0.1, 0.15) is 16.7 Å². The van der Waals surface area contributed by atoms with Gasteiger partial charge in [-0.15, -0.1) is 0 Å². The molecule has 0 atom stereocenters. The van der Waals surface area contributed by atoms with Gasteiger partial charge in [-0.05, 0) is 68.3 Å². The van der Waals surface area contributed by atoms with E-state index < -0.39 is 22.5 Å². The zero-order valence-corrected chi connectivity index (χ0v) is 19.6. The van der Waals surface area contributed by atoms with Crippen molar-refractivity contribution < 1.29 is 13.2 Å². The number of benzene rings is 3. The predicted molar refractivity (Wildman–Crippen MR) is 127 cm³/mol. The Hall–Kier alpha value is -2.54. The molecule has 0 saturated carbocycles. The number of nitrogens with one attached hydrogen (secondary N) is 1. The standard InChI is InChI=1S/C23H22Cl2N2O3S/c1-15-7-11-19(12-8-15)31(29,30)27(22-6-4-5-20(25)17(22)3)14-23(28)26-21-13-18(24)10-9-16(21)2/h4-13H,14H2,1-3H3,(H,26,28). The summed E-state index contributed by atoms with van der Waals surface area (Å²) in [5.74, 6) is -0.500. The Balaban J connectivity index is 2.02. The van der Waals surface area contributed by atoms with Crippen LogP contribution in [0.2, 0.25) is 10.0 Å². The van der Waals surface area contributed by atoms with Crippen molar-refractivity contribution in [3.8, 4) is 0 Å². The fourth-order valence-corrected chi connectivity index (χ4v) is 4.87. The molecule has 3 rings (SSSR count). The van der Waals surface area contributed by atoms with Crippen molar-refractivity contribution in [1.29, 1.82) is 0 Å². The summed E-state index contributed by atoms with van der Waals surface area (Å²) in [6.07, 6.45) is 0. The lowest BCUT2D eigenvalue weighted by Gasteiger charge is -2.26. The van der Waals surface area contributed by atoms with Gasteiger partial charge in [0.1, 0.15) is 6.54 Å². The summed E-state index contributed by atoms with van der Waals surface area (Å²) in [4.78, 5) is 13.0. The normalized spacial score (nSPS) is 11.3. The number of carbonyl (C=O) groups is 1. The summed E-state index contributed by atoms with van der Waals surface area (Å²) >= 11 is 12.3. The second kappa shape index (κ2) is 9.30. The van der Waals surface area contributed by atoms with Gasteiger partial charge in [0.05, 0.1) is 10.6 Å². The average Bonchev–Trinajstić information content (AvgIpc) is 2.71. The molecule has 31 heavy (non-hydrogen) atoms. The topological polar surface area (TPSA) is 66.5 Å². The second-order valence-electron chi connectivity index (χ2n) is 7.22. The average molecular weight is 477 g/mol. The second-order valence-corrected chi connectivity index (χ2v) is 9.92. The molecule has 0 radical (unpaired) electrons. The van der Waals surface area contributed by atoms with Gasteiger partial charge in [-0.2, -0.15) is 0 Å². The van der Waals surface area contributed by atoms with E-state index in [0.29, 0.717) is 27.0 Å². The van der Waals surface area contributed by atoms with Gasteiger partial charge < -0.3 is 5.32 Å². The van der Waals surface area contributed by atoms with Crippen molar-refractivity contribution in [1.82, 2.24) is 0 Å². The van der Waals surface area contributed by atoms with Crippen LogP contribution in [-0.2, 0) is 14.8 Å². The smallest absolute Gasteiger partial charge is 0.264 e. The number of rotatable bonds is 6. The molecule has 5 nitrogen and oxygen atoms in total. The molecular formula is C23H22Cl2N2O3S. The number of halogens is 2. The van der Waals surface area contributed by atoms with Gasteiger partial charge in [-0.1, -0.05) is 53.0 Å². The zero-order chi connectivity index (χ0) is 22.8. The monoisotopic (exact) mass is 476 g/mol. The van der Waals surface area contributed by atoms with Crippen molar-refractivity contribution in [2.75, 3.05) is 16.2 Å². The van der Waals surface area contributed by atoms with E-state index in [1.54, 1.807) is 55.5 Å². The van der Waals surface area contributed by atoms with Gasteiger partial charge in [0.25, 0.3) is 10.0 Å². The van der Waals surface area contributed by atoms with Crippen LogP contribution in [0.4, 0.5) is 11.4 Å². The third-order valence-corrected chi connectivity index (χ3v) is 7.30. The van der Waals surface area contributed by atoms with Crippen LogP contribution in [-0.4, -0.2) is 20.9 Å². The van der Waals surface area contributed by atoms with Crippen molar-refractivity contribution in [3.63, 3.8) is 0 Å². The number of nitrogens with zero attached hydrogens (tertiary/aromatic N) is 1. The Bertz CT molecular complexity index is 1230. The molecule has 162 valence electrons. The highest BCUT2D eigenvalue weighted by Gasteiger charge is 2.29. The highest BCUT2D eigenvalue weighted by atomic mass is 35.5. The van der Waals surface area contributed by atoms with Crippen molar-refractivity contribution >= 4 is 50.5 Å². The first-order valence-electron chi connectivity index (χ1n) is 9.50. The third kappa shape index (κ3) is 5.21. The maximum Gasteiger partial charge on any atom is 0.264 e. The minimum absolute atomic E-state index is 0.0872. The van der Waals surface area contributed by atoms with E-state index in [2.05, 4.69) is 5.32 Å². The molecule has 3 aromatic rings. The SMILES string of the molecule is Cc1ccc(S(=O)(=O)N(CC(=O)Nc2cc(Cl)ccc2C)c2cccc(Cl)c2C)cc1. The molecule has 0 saturated heterocycles. The summed E-state index contributed by atoms with van der Waals surface area (Å²) < 4.78 is 28.1. The number of hydrogen-bond acceptors (Lipinski definition) is 3. The molecule has 0 bridgehead atoms. The fraction of sp³-hybridized carbons (Fsp3) is 0.174. The van der Waals surface area contributed by atoms with Gasteiger partial charge in [0.15, 0.2) is 0 Å². The third-order valence-electron chi connectivity index (χ3n) is 4.88. The predicted octanol–water partition coefficient (Wildman–Crippen LogP) is 5.75. The van der Waals surface area contributed by atoms with E-state index in [4.69, 9.17) is 23.2 Å². The number of sulfonamides is 1. The molecular weight excluding hydrogens is 455 g/mol. The lowest BCUT2D eigenvalue weighted by atomic mass is 10.2. The highest BCUT2D eigenvalue weighted by molar-refractivity contribution is 7.92. The van der Waals surface area contributed by atoms with Crippen molar-refractivity contribution in [3.05, 3.63) is 87.4 Å². The molecule has 0 aliphatic heterocycles. The summed E-state index contributed by atoms with van der Waals surface area (Å²) in [5.41, 5.74) is 3.16. The molecule has 3 aromatic carbocycles. The first-order valence-corrected chi connectivity index (χ1v) is 11.7. The van der Waals surface area contributed by atoms with Crippen LogP contribution < -0.4 is 9.62 Å². The molecule has 8 heteroatoms. The zero-order valence-electron chi connectivity index (χ0n) is 17.3. The molecule has 0 aliphatic rings. The fourth-order valence-electron chi connectivity index (χ4n) is 3.05. The molecule has 0 heterocycles. The van der Waals surface area contributed by atoms with Crippen molar-refractivity contribution in [2.45, 2.75) is 25.7 Å². The molecule has 0 aliphatic carbocycles. The van der Waals surface area contributed by atoms with Gasteiger partial charge in [0.2, 0.25) is 5.91 Å². The van der Waals surface area contributed by atoms with Crippen LogP contribution in [0.5, 0.6) is 0 Å². The first kappa shape index (κ1) is 23.1. The number of carbonyl (C=O) groups excluding carboxylic acids is 1. The molecule has 0 fully saturated rings. The Morgan fingerprint density at radius 2 is 1.65 bits per heavy atom. The maximum absolute atomic E-state index is 13.5. The van der Waals surface area contributed by atoms with Crippen LogP contribution in [0, 0.1) is 20.8 Å². The summed E-state index contributed by atoms with van der Waals surface area (Å²) in [6, 6.07) is 16.6. The minimum atomic E-state index is -4.03. The molecule has 1 N–H and O–H groups in total. The number of amides is 1. The van der Waals surface area contributed by atoms with Gasteiger partial charge >= 0.3 is 0 Å². The number of hydrogen-bond donors (Lipinski definition) is 1. The van der Waals surface area contributed by atoms with E-state index in [-0.39, 0.29) is 4.90 Å². The molecule has 0 spiro atoms. The van der Waals surface area contributed by atoms with Gasteiger partial charge in [-0.3, -0.25) is 9.10 Å². The Kier molecular flexibility index (Phi) is 6.94. The van der Waals surface area contributed by atoms with Gasteiger partial charge in [0, 0.05) is 15.7 Å². The Morgan fingerprint density at radius 3 is 2.32 bits per heavy atom. The van der Waals surface area contributed by atoms with E-state index in [0.717, 1.165) is 15.4 Å². The lowest BCUT2D eigenvalue weighted by molar-refractivity contribution is -0.114. The largest absolute Gasteiger partial charge is 0.324 e. The summed E-state index contributed by atoms with van der Waals surface area (Å²) in [5, 5.41) is 3.63. The lowest BCUT2D eigenvalue weighted by Crippen LogP contribution is -2.38. The summed E-state index contributed by atoms with van der Waals surface area (Å²) in [7, 11) is -4.03. The van der Waals surface area contributed by atoms with Crippen LogP contribution in [0.3, 0.4) is 0 Å². The van der Waals surface area contributed by atoms with Gasteiger partial charge in [-0.25, -0.2) is 8.42 Å². The number of aryl methyl sites for hydroxylation is 2. The Labute approximate surface area is 192 Å². The molecule has 0 aromatic heterocycles. The van der Waals surface area contributed by atoms with E-state index in [1.807, 2.05) is 13.8 Å². The Morgan fingerprint density at radius 1 is 0.968 bits per heavy atom. The van der Waals surface area contributed by atoms with E-state index in [1.165, 1.54) is 12.1 Å². The molecule has 0 unspecified atom stereocenters. The van der Waals surface area contributed by atoms with Crippen molar-refractivity contribution in [2.24, 2.45) is 0 Å². The first-order chi connectivity index (χ1) is 14.6. The van der Waals surface area contributed by atoms with Crippen LogP contribution in [0.25, 0.3) is 0 Å². The minimum Gasteiger partial charge on any atom is -0.324 e. The maximum atomic E-state index is 13.5. The summed E-state index contributed by atoms with van der Waals surface area (Å²) in [6.45, 7) is 4.99. The number of anilines is 2. The van der Waals surface area contributed by atoms with E-state index in [9.17, 15) is 13.2 Å². The highest BCUT2D eigenvalue weighted by Crippen LogP contribution is 2.31. The van der Waals surface area contributed by atoms with Crippen LogP contribution in [0.15, 0.2) is 65.6 Å². The molecule has 1 amide bonds. The van der Waals surface area contributed by atoms with E-state index >= 15 is 0 Å². The quantitative estimate of drug-likeness (QED) is 0.492. The van der Waals surface area contributed by atoms with Crippen LogP contribution >= 0.6 is 23.2 Å².